The molecule has 162 valence electrons. The molecule has 7 nitrogen and oxygen atoms in total. The summed E-state index contributed by atoms with van der Waals surface area (Å²) < 4.78 is 7.29. The zero-order valence-corrected chi connectivity index (χ0v) is 18.7. The SMILES string of the molecule is CCCCn1c(SCC(=O)Nc2ccc(C(C)=O)cc2)nnc1-c1ccc(OC)cc1. The zero-order valence-electron chi connectivity index (χ0n) is 17.9. The fraction of sp³-hybridized carbons (Fsp3) is 0.304. The number of anilines is 1. The van der Waals surface area contributed by atoms with Gasteiger partial charge in [-0.2, -0.15) is 0 Å². The molecule has 31 heavy (non-hydrogen) atoms. The van der Waals surface area contributed by atoms with Crippen molar-refractivity contribution in [2.45, 2.75) is 38.4 Å². The minimum absolute atomic E-state index is 0.00693. The third-order valence-electron chi connectivity index (χ3n) is 4.71. The van der Waals surface area contributed by atoms with Gasteiger partial charge in [-0.15, -0.1) is 10.2 Å². The second kappa shape index (κ2) is 10.8. The van der Waals surface area contributed by atoms with Gasteiger partial charge in [0.05, 0.1) is 12.9 Å². The number of carbonyl (C=O) groups excluding carboxylic acids is 2. The van der Waals surface area contributed by atoms with Gasteiger partial charge in [-0.05, 0) is 61.9 Å². The summed E-state index contributed by atoms with van der Waals surface area (Å²) in [6.45, 7) is 4.43. The minimum atomic E-state index is -0.142. The van der Waals surface area contributed by atoms with E-state index >= 15 is 0 Å². The van der Waals surface area contributed by atoms with Gasteiger partial charge in [0.2, 0.25) is 5.91 Å². The van der Waals surface area contributed by atoms with Crippen LogP contribution in [-0.4, -0.2) is 39.3 Å². The first-order valence-electron chi connectivity index (χ1n) is 10.1. The lowest BCUT2D eigenvalue weighted by molar-refractivity contribution is -0.113. The molecule has 0 saturated heterocycles. The summed E-state index contributed by atoms with van der Waals surface area (Å²) in [6.07, 6.45) is 2.03. The molecule has 1 aromatic heterocycles. The summed E-state index contributed by atoms with van der Waals surface area (Å²) in [5, 5.41) is 12.3. The van der Waals surface area contributed by atoms with Gasteiger partial charge in [0.15, 0.2) is 16.8 Å². The van der Waals surface area contributed by atoms with Crippen molar-refractivity contribution in [3.63, 3.8) is 0 Å². The molecular weight excluding hydrogens is 412 g/mol. The third-order valence-corrected chi connectivity index (χ3v) is 5.67. The predicted octanol–water partition coefficient (Wildman–Crippen LogP) is 4.69. The normalized spacial score (nSPS) is 10.7. The lowest BCUT2D eigenvalue weighted by Gasteiger charge is -2.10. The minimum Gasteiger partial charge on any atom is -0.497 e. The average molecular weight is 439 g/mol. The van der Waals surface area contributed by atoms with E-state index < -0.39 is 0 Å². The molecule has 0 aliphatic heterocycles. The monoisotopic (exact) mass is 438 g/mol. The number of ketones is 1. The van der Waals surface area contributed by atoms with Crippen molar-refractivity contribution in [1.82, 2.24) is 14.8 Å². The number of methoxy groups -OCH3 is 1. The Morgan fingerprint density at radius 1 is 1.06 bits per heavy atom. The van der Waals surface area contributed by atoms with Crippen molar-refractivity contribution in [2.24, 2.45) is 0 Å². The Morgan fingerprint density at radius 3 is 2.39 bits per heavy atom. The van der Waals surface area contributed by atoms with Crippen LogP contribution in [0.25, 0.3) is 11.4 Å². The topological polar surface area (TPSA) is 86.1 Å². The van der Waals surface area contributed by atoms with E-state index in [-0.39, 0.29) is 17.4 Å². The highest BCUT2D eigenvalue weighted by molar-refractivity contribution is 7.99. The Hall–Kier alpha value is -3.13. The number of amides is 1. The van der Waals surface area contributed by atoms with E-state index in [0.717, 1.165) is 36.5 Å². The summed E-state index contributed by atoms with van der Waals surface area (Å²) in [4.78, 5) is 23.8. The van der Waals surface area contributed by atoms with E-state index in [1.807, 2.05) is 24.3 Å². The maximum Gasteiger partial charge on any atom is 0.234 e. The van der Waals surface area contributed by atoms with Crippen molar-refractivity contribution < 1.29 is 14.3 Å². The lowest BCUT2D eigenvalue weighted by Crippen LogP contribution is -2.15. The Morgan fingerprint density at radius 2 is 1.77 bits per heavy atom. The van der Waals surface area contributed by atoms with Crippen molar-refractivity contribution in [3.05, 3.63) is 54.1 Å². The Bertz CT molecular complexity index is 1030. The molecule has 1 N–H and O–H groups in total. The molecule has 0 bridgehead atoms. The van der Waals surface area contributed by atoms with Crippen molar-refractivity contribution in [2.75, 3.05) is 18.2 Å². The van der Waals surface area contributed by atoms with Crippen LogP contribution >= 0.6 is 11.8 Å². The molecule has 3 aromatic rings. The largest absolute Gasteiger partial charge is 0.497 e. The molecule has 2 aromatic carbocycles. The highest BCUT2D eigenvalue weighted by Crippen LogP contribution is 2.26. The van der Waals surface area contributed by atoms with Crippen LogP contribution in [0.3, 0.4) is 0 Å². The second-order valence-electron chi connectivity index (χ2n) is 7.01. The number of unbranched alkanes of at least 4 members (excludes halogenated alkanes) is 1. The number of ether oxygens (including phenoxy) is 1. The molecule has 1 amide bonds. The van der Waals surface area contributed by atoms with Crippen molar-refractivity contribution in [3.8, 4) is 17.1 Å². The Kier molecular flexibility index (Phi) is 7.83. The lowest BCUT2D eigenvalue weighted by atomic mass is 10.1. The fourth-order valence-electron chi connectivity index (χ4n) is 2.98. The molecule has 0 spiro atoms. The number of thioether (sulfide) groups is 1. The van der Waals surface area contributed by atoms with Crippen LogP contribution in [0.2, 0.25) is 0 Å². The number of nitrogens with zero attached hydrogens (tertiary/aromatic N) is 3. The highest BCUT2D eigenvalue weighted by Gasteiger charge is 2.16. The van der Waals surface area contributed by atoms with Crippen LogP contribution < -0.4 is 10.1 Å². The molecular formula is C23H26N4O3S. The van der Waals surface area contributed by atoms with Crippen LogP contribution in [0, 0.1) is 0 Å². The summed E-state index contributed by atoms with van der Waals surface area (Å²) in [5.74, 6) is 1.62. The first kappa shape index (κ1) is 22.6. The van der Waals surface area contributed by atoms with Crippen molar-refractivity contribution in [1.29, 1.82) is 0 Å². The van der Waals surface area contributed by atoms with E-state index in [0.29, 0.717) is 16.4 Å². The maximum atomic E-state index is 12.4. The molecule has 3 rings (SSSR count). The molecule has 0 radical (unpaired) electrons. The molecule has 8 heteroatoms. The van der Waals surface area contributed by atoms with Crippen molar-refractivity contribution >= 4 is 29.1 Å². The van der Waals surface area contributed by atoms with Crippen LogP contribution in [0.4, 0.5) is 5.69 Å². The molecule has 0 fully saturated rings. The van der Waals surface area contributed by atoms with Gasteiger partial charge in [-0.3, -0.25) is 9.59 Å². The molecule has 0 saturated carbocycles. The molecule has 0 unspecified atom stereocenters. The van der Waals surface area contributed by atoms with Gasteiger partial charge in [0.25, 0.3) is 0 Å². The van der Waals surface area contributed by atoms with Crippen LogP contribution in [0.15, 0.2) is 53.7 Å². The summed E-state index contributed by atoms with van der Waals surface area (Å²) in [7, 11) is 1.64. The number of nitrogens with one attached hydrogen (secondary N) is 1. The third kappa shape index (κ3) is 5.95. The summed E-state index contributed by atoms with van der Waals surface area (Å²) >= 11 is 1.35. The van der Waals surface area contributed by atoms with Gasteiger partial charge >= 0.3 is 0 Å². The molecule has 0 aliphatic rings. The summed E-state index contributed by atoms with van der Waals surface area (Å²) in [6, 6.07) is 14.6. The van der Waals surface area contributed by atoms with E-state index in [1.165, 1.54) is 18.7 Å². The number of aromatic nitrogens is 3. The number of rotatable bonds is 10. The quantitative estimate of drug-likeness (QED) is 0.365. The molecule has 0 atom stereocenters. The summed E-state index contributed by atoms with van der Waals surface area (Å²) in [5.41, 5.74) is 2.22. The maximum absolute atomic E-state index is 12.4. The Labute approximate surface area is 186 Å². The van der Waals surface area contributed by atoms with Gasteiger partial charge in [-0.25, -0.2) is 0 Å². The first-order chi connectivity index (χ1) is 15.0. The van der Waals surface area contributed by atoms with E-state index in [1.54, 1.807) is 31.4 Å². The van der Waals surface area contributed by atoms with Crippen LogP contribution in [-0.2, 0) is 11.3 Å². The molecule has 1 heterocycles. The van der Waals surface area contributed by atoms with E-state index in [4.69, 9.17) is 4.74 Å². The van der Waals surface area contributed by atoms with Crippen LogP contribution in [0.5, 0.6) is 5.75 Å². The highest BCUT2D eigenvalue weighted by atomic mass is 32.2. The van der Waals surface area contributed by atoms with Gasteiger partial charge in [0, 0.05) is 23.4 Å². The Balaban J connectivity index is 1.69. The predicted molar refractivity (Wildman–Crippen MR) is 123 cm³/mol. The number of benzene rings is 2. The van der Waals surface area contributed by atoms with Gasteiger partial charge in [-0.1, -0.05) is 25.1 Å². The number of carbonyl (C=O) groups is 2. The number of hydrogen-bond acceptors (Lipinski definition) is 6. The standard InChI is InChI=1S/C23H26N4O3S/c1-4-5-14-27-22(18-8-12-20(30-3)13-9-18)25-26-23(27)31-15-21(29)24-19-10-6-17(7-11-19)16(2)28/h6-13H,4-5,14-15H2,1-3H3,(H,24,29). The van der Waals surface area contributed by atoms with Crippen LogP contribution in [0.1, 0.15) is 37.0 Å². The van der Waals surface area contributed by atoms with E-state index in [2.05, 4.69) is 27.0 Å². The van der Waals surface area contributed by atoms with Gasteiger partial charge in [0.1, 0.15) is 5.75 Å². The molecule has 0 aliphatic carbocycles. The first-order valence-corrected chi connectivity index (χ1v) is 11.1. The fourth-order valence-corrected chi connectivity index (χ4v) is 3.75. The number of Topliss-reactive ketones (excluding diaryl/α,β-unsaturated/α-hetero) is 1. The second-order valence-corrected chi connectivity index (χ2v) is 7.95. The van der Waals surface area contributed by atoms with Gasteiger partial charge < -0.3 is 14.6 Å². The number of hydrogen-bond donors (Lipinski definition) is 1. The zero-order chi connectivity index (χ0) is 22.2. The van der Waals surface area contributed by atoms with E-state index in [9.17, 15) is 9.59 Å². The average Bonchev–Trinajstić information content (AvgIpc) is 3.19. The smallest absolute Gasteiger partial charge is 0.234 e.